The fourth-order valence-electron chi connectivity index (χ4n) is 3.94. The number of hydrogen-bond donors (Lipinski definition) is 0. The van der Waals surface area contributed by atoms with Crippen molar-refractivity contribution >= 4 is 11.7 Å². The molecule has 0 spiro atoms. The fourth-order valence-corrected chi connectivity index (χ4v) is 3.94. The van der Waals surface area contributed by atoms with Crippen LogP contribution in [0, 0.1) is 0 Å². The van der Waals surface area contributed by atoms with Gasteiger partial charge in [0, 0.05) is 12.0 Å². The summed E-state index contributed by atoms with van der Waals surface area (Å²) in [6.07, 6.45) is 3.52. The van der Waals surface area contributed by atoms with E-state index >= 15 is 0 Å². The topological polar surface area (TPSA) is 66.4 Å². The number of carbonyl (C=O) groups is 1. The van der Waals surface area contributed by atoms with Crippen LogP contribution in [0.4, 0.5) is 0 Å². The standard InChI is InChI=1S/C17H16O2.C10H11NO3/c1-2-5-13-10-14(9-8-12(13)4-1)19-17-7-3-6-16-15(17)11-18-16;1-13-10(12)9(11-14-2)8-6-4-3-5-7-8/h1-7,14H,8-11H2;3-7H,1-2H3. The number of esters is 1. The van der Waals surface area contributed by atoms with Crippen LogP contribution in [-0.2, 0) is 33.8 Å². The van der Waals surface area contributed by atoms with Crippen molar-refractivity contribution in [2.24, 2.45) is 5.16 Å². The van der Waals surface area contributed by atoms with E-state index in [9.17, 15) is 4.79 Å². The summed E-state index contributed by atoms with van der Waals surface area (Å²) in [5.74, 6) is 1.47. The van der Waals surface area contributed by atoms with E-state index in [0.29, 0.717) is 18.3 Å². The second-order valence-electron chi connectivity index (χ2n) is 7.75. The lowest BCUT2D eigenvalue weighted by atomic mass is 9.90. The van der Waals surface area contributed by atoms with E-state index in [4.69, 9.17) is 9.47 Å². The van der Waals surface area contributed by atoms with Crippen LogP contribution in [0.25, 0.3) is 0 Å². The highest BCUT2D eigenvalue weighted by Crippen LogP contribution is 2.37. The zero-order valence-corrected chi connectivity index (χ0v) is 18.8. The number of methoxy groups -OCH3 is 1. The number of nitrogens with zero attached hydrogens (tertiary/aromatic N) is 1. The van der Waals surface area contributed by atoms with Crippen LogP contribution in [-0.4, -0.2) is 32.0 Å². The molecule has 170 valence electrons. The van der Waals surface area contributed by atoms with Crippen LogP contribution in [0.2, 0.25) is 0 Å². The lowest BCUT2D eigenvalue weighted by Crippen LogP contribution is -2.26. The molecule has 3 aromatic carbocycles. The highest BCUT2D eigenvalue weighted by Gasteiger charge is 2.24. The number of oxime groups is 1. The molecule has 0 amide bonds. The second kappa shape index (κ2) is 10.7. The number of fused-ring (bicyclic) bond motifs is 2. The third-order valence-corrected chi connectivity index (χ3v) is 5.67. The molecular formula is C27H27NO5. The van der Waals surface area contributed by atoms with Crippen molar-refractivity contribution in [1.29, 1.82) is 0 Å². The van der Waals surface area contributed by atoms with Crippen LogP contribution in [0.5, 0.6) is 11.5 Å². The summed E-state index contributed by atoms with van der Waals surface area (Å²) in [6.45, 7) is 0.689. The Balaban J connectivity index is 0.000000166. The average Bonchev–Trinajstić information content (AvgIpc) is 2.84. The van der Waals surface area contributed by atoms with Crippen molar-refractivity contribution in [2.75, 3.05) is 14.2 Å². The molecule has 33 heavy (non-hydrogen) atoms. The van der Waals surface area contributed by atoms with Gasteiger partial charge < -0.3 is 19.0 Å². The van der Waals surface area contributed by atoms with Crippen molar-refractivity contribution in [3.63, 3.8) is 0 Å². The maximum Gasteiger partial charge on any atom is 0.360 e. The van der Waals surface area contributed by atoms with Crippen molar-refractivity contribution in [3.05, 3.63) is 95.1 Å². The van der Waals surface area contributed by atoms with Crippen LogP contribution in [0.3, 0.4) is 0 Å². The van der Waals surface area contributed by atoms with Gasteiger partial charge in [0.15, 0.2) is 5.71 Å². The highest BCUT2D eigenvalue weighted by atomic mass is 16.6. The Bertz CT molecular complexity index is 1130. The van der Waals surface area contributed by atoms with Gasteiger partial charge in [-0.2, -0.15) is 0 Å². The fraction of sp³-hybridized carbons (Fsp3) is 0.259. The number of hydrogen-bond acceptors (Lipinski definition) is 6. The number of ether oxygens (including phenoxy) is 3. The number of rotatable bonds is 5. The summed E-state index contributed by atoms with van der Waals surface area (Å²) in [5.41, 5.74) is 4.97. The molecule has 1 heterocycles. The predicted molar refractivity (Wildman–Crippen MR) is 126 cm³/mol. The molecule has 0 radical (unpaired) electrons. The van der Waals surface area contributed by atoms with E-state index in [2.05, 4.69) is 45.1 Å². The van der Waals surface area contributed by atoms with Gasteiger partial charge in [0.05, 0.1) is 12.7 Å². The molecule has 1 aliphatic carbocycles. The van der Waals surface area contributed by atoms with Gasteiger partial charge in [-0.15, -0.1) is 0 Å². The second-order valence-corrected chi connectivity index (χ2v) is 7.75. The Kier molecular flexibility index (Phi) is 7.25. The van der Waals surface area contributed by atoms with Gasteiger partial charge in [0.1, 0.15) is 31.3 Å². The third kappa shape index (κ3) is 5.34. The summed E-state index contributed by atoms with van der Waals surface area (Å²) in [5, 5.41) is 3.61. The van der Waals surface area contributed by atoms with Crippen molar-refractivity contribution < 1.29 is 23.8 Å². The van der Waals surface area contributed by atoms with Crippen LogP contribution in [0.15, 0.2) is 78.0 Å². The van der Waals surface area contributed by atoms with E-state index in [1.165, 1.54) is 30.9 Å². The number of aryl methyl sites for hydroxylation is 1. The first kappa shape index (κ1) is 22.4. The van der Waals surface area contributed by atoms with Crippen molar-refractivity contribution in [3.8, 4) is 11.5 Å². The monoisotopic (exact) mass is 445 g/mol. The summed E-state index contributed by atoms with van der Waals surface area (Å²) < 4.78 is 16.1. The minimum atomic E-state index is -0.516. The molecule has 0 saturated carbocycles. The molecule has 3 aromatic rings. The van der Waals surface area contributed by atoms with E-state index in [-0.39, 0.29) is 5.71 Å². The largest absolute Gasteiger partial charge is 0.490 e. The van der Waals surface area contributed by atoms with Crippen molar-refractivity contribution in [2.45, 2.75) is 32.0 Å². The first-order valence-corrected chi connectivity index (χ1v) is 10.9. The lowest BCUT2D eigenvalue weighted by Gasteiger charge is -2.29. The van der Waals surface area contributed by atoms with Gasteiger partial charge in [-0.1, -0.05) is 65.8 Å². The smallest absolute Gasteiger partial charge is 0.360 e. The van der Waals surface area contributed by atoms with E-state index < -0.39 is 5.97 Å². The summed E-state index contributed by atoms with van der Waals surface area (Å²) in [6, 6.07) is 23.7. The Labute approximate surface area is 193 Å². The lowest BCUT2D eigenvalue weighted by molar-refractivity contribution is -0.132. The van der Waals surface area contributed by atoms with E-state index in [1.54, 1.807) is 12.1 Å². The molecular weight excluding hydrogens is 418 g/mol. The van der Waals surface area contributed by atoms with Gasteiger partial charge in [-0.25, -0.2) is 4.79 Å². The van der Waals surface area contributed by atoms with Crippen LogP contribution < -0.4 is 9.47 Å². The Morgan fingerprint density at radius 1 is 0.939 bits per heavy atom. The van der Waals surface area contributed by atoms with Gasteiger partial charge in [-0.3, -0.25) is 0 Å². The third-order valence-electron chi connectivity index (χ3n) is 5.67. The zero-order valence-electron chi connectivity index (χ0n) is 18.8. The first-order chi connectivity index (χ1) is 16.2. The molecule has 0 N–H and O–H groups in total. The number of benzene rings is 3. The van der Waals surface area contributed by atoms with E-state index in [0.717, 1.165) is 30.8 Å². The van der Waals surface area contributed by atoms with Crippen molar-refractivity contribution in [1.82, 2.24) is 0 Å². The molecule has 1 unspecified atom stereocenters. The minimum absolute atomic E-state index is 0.163. The molecule has 6 heteroatoms. The van der Waals surface area contributed by atoms with Crippen LogP contribution in [0.1, 0.15) is 28.7 Å². The number of carbonyl (C=O) groups excluding carboxylic acids is 1. The quantitative estimate of drug-likeness (QED) is 0.323. The molecule has 2 aliphatic rings. The van der Waals surface area contributed by atoms with E-state index in [1.807, 2.05) is 30.3 Å². The summed E-state index contributed by atoms with van der Waals surface area (Å²) in [7, 11) is 2.68. The maximum atomic E-state index is 11.3. The molecule has 1 aliphatic heterocycles. The summed E-state index contributed by atoms with van der Waals surface area (Å²) >= 11 is 0. The molecule has 0 saturated heterocycles. The Morgan fingerprint density at radius 3 is 2.39 bits per heavy atom. The molecule has 5 rings (SSSR count). The Morgan fingerprint density at radius 2 is 1.70 bits per heavy atom. The SMILES string of the molecule is CON=C(C(=O)OC)c1ccccc1.c1ccc2c(c1)CCC(Oc1cccc3c1CO3)C2. The average molecular weight is 446 g/mol. The van der Waals surface area contributed by atoms with Gasteiger partial charge in [0.25, 0.3) is 0 Å². The normalized spacial score (nSPS) is 15.9. The van der Waals surface area contributed by atoms with Crippen LogP contribution >= 0.6 is 0 Å². The Hall–Kier alpha value is -3.80. The predicted octanol–water partition coefficient (Wildman–Crippen LogP) is 4.73. The summed E-state index contributed by atoms with van der Waals surface area (Å²) in [4.78, 5) is 15.8. The highest BCUT2D eigenvalue weighted by molar-refractivity contribution is 6.43. The molecule has 0 aromatic heterocycles. The van der Waals surface area contributed by atoms with Gasteiger partial charge in [-0.05, 0) is 36.1 Å². The van der Waals surface area contributed by atoms with Gasteiger partial charge >= 0.3 is 5.97 Å². The first-order valence-electron chi connectivity index (χ1n) is 10.9. The van der Waals surface area contributed by atoms with Gasteiger partial charge in [0.2, 0.25) is 0 Å². The maximum absolute atomic E-state index is 11.3. The molecule has 6 nitrogen and oxygen atoms in total. The molecule has 1 atom stereocenters. The molecule has 0 fully saturated rings. The zero-order chi connectivity index (χ0) is 23.0. The molecule has 0 bridgehead atoms. The minimum Gasteiger partial charge on any atom is -0.490 e.